The van der Waals surface area contributed by atoms with Crippen LogP contribution in [0.5, 0.6) is 0 Å². The molecule has 8 heteroatoms. The first-order valence-corrected chi connectivity index (χ1v) is 9.95. The summed E-state index contributed by atoms with van der Waals surface area (Å²) in [6.45, 7) is 1.73. The van der Waals surface area contributed by atoms with Crippen LogP contribution in [-0.2, 0) is 16.1 Å². The molecular formula is C19H17FN2O3S2. The van der Waals surface area contributed by atoms with E-state index in [1.165, 1.54) is 35.3 Å². The zero-order valence-electron chi connectivity index (χ0n) is 14.7. The molecule has 1 amide bonds. The Labute approximate surface area is 164 Å². The van der Waals surface area contributed by atoms with Gasteiger partial charge in [-0.3, -0.25) is 4.79 Å². The number of carbonyl (C=O) groups is 2. The van der Waals surface area contributed by atoms with Gasteiger partial charge in [0.1, 0.15) is 10.8 Å². The van der Waals surface area contributed by atoms with Crippen molar-refractivity contribution in [1.29, 1.82) is 0 Å². The summed E-state index contributed by atoms with van der Waals surface area (Å²) in [5.74, 6) is -1.38. The Bertz CT molecular complexity index is 940. The molecule has 0 radical (unpaired) electrons. The molecule has 0 aliphatic rings. The second-order valence-electron chi connectivity index (χ2n) is 5.92. The van der Waals surface area contributed by atoms with Crippen LogP contribution in [0.15, 0.2) is 46.5 Å². The minimum atomic E-state index is -0.970. The van der Waals surface area contributed by atoms with Gasteiger partial charge >= 0.3 is 5.97 Å². The Morgan fingerprint density at radius 1 is 1.30 bits per heavy atom. The number of ether oxygens (including phenoxy) is 1. The van der Waals surface area contributed by atoms with Gasteiger partial charge in [0.15, 0.2) is 11.8 Å². The fourth-order valence-electron chi connectivity index (χ4n) is 2.46. The van der Waals surface area contributed by atoms with E-state index in [4.69, 9.17) is 4.74 Å². The number of hydrogen-bond acceptors (Lipinski definition) is 6. The molecule has 0 saturated heterocycles. The smallest absolute Gasteiger partial charge is 0.358 e. The van der Waals surface area contributed by atoms with Crippen molar-refractivity contribution in [3.63, 3.8) is 0 Å². The van der Waals surface area contributed by atoms with Gasteiger partial charge < -0.3 is 9.64 Å². The lowest BCUT2D eigenvalue weighted by Crippen LogP contribution is -2.37. The molecule has 27 heavy (non-hydrogen) atoms. The third-order valence-corrected chi connectivity index (χ3v) is 5.37. The zero-order valence-corrected chi connectivity index (χ0v) is 16.3. The van der Waals surface area contributed by atoms with Crippen molar-refractivity contribution in [3.8, 4) is 10.6 Å². The molecule has 0 N–H and O–H groups in total. The van der Waals surface area contributed by atoms with Gasteiger partial charge in [-0.1, -0.05) is 12.1 Å². The lowest BCUT2D eigenvalue weighted by atomic mass is 10.2. The van der Waals surface area contributed by atoms with Gasteiger partial charge in [0.05, 0.1) is 0 Å². The molecule has 0 aliphatic heterocycles. The van der Waals surface area contributed by atoms with Gasteiger partial charge in [-0.2, -0.15) is 11.3 Å². The van der Waals surface area contributed by atoms with Gasteiger partial charge in [-0.25, -0.2) is 14.2 Å². The van der Waals surface area contributed by atoms with Crippen LogP contribution >= 0.6 is 22.7 Å². The zero-order chi connectivity index (χ0) is 19.4. The maximum atomic E-state index is 13.3. The molecule has 1 atom stereocenters. The summed E-state index contributed by atoms with van der Waals surface area (Å²) in [4.78, 5) is 30.4. The Hall–Kier alpha value is -2.58. The molecule has 3 rings (SSSR count). The first kappa shape index (κ1) is 19.2. The molecular weight excluding hydrogens is 387 g/mol. The number of amides is 1. The number of nitrogens with zero attached hydrogens (tertiary/aromatic N) is 2. The number of thiazole rings is 1. The minimum absolute atomic E-state index is 0.175. The normalized spacial score (nSPS) is 11.8. The maximum Gasteiger partial charge on any atom is 0.358 e. The number of hydrogen-bond donors (Lipinski definition) is 0. The van der Waals surface area contributed by atoms with Crippen molar-refractivity contribution >= 4 is 34.6 Å². The number of aromatic nitrogens is 1. The number of esters is 1. The summed E-state index contributed by atoms with van der Waals surface area (Å²) in [5.41, 5.74) is 1.78. The maximum absolute atomic E-state index is 13.3. The summed E-state index contributed by atoms with van der Waals surface area (Å²) < 4.78 is 18.5. The highest BCUT2D eigenvalue weighted by Crippen LogP contribution is 2.26. The fraction of sp³-hybridized carbons (Fsp3) is 0.211. The Morgan fingerprint density at radius 3 is 2.81 bits per heavy atom. The second-order valence-corrected chi connectivity index (χ2v) is 7.56. The van der Waals surface area contributed by atoms with Crippen molar-refractivity contribution in [2.45, 2.75) is 19.6 Å². The molecule has 5 nitrogen and oxygen atoms in total. The number of carbonyl (C=O) groups excluding carboxylic acids is 2. The van der Waals surface area contributed by atoms with Gasteiger partial charge in [-0.05, 0) is 36.1 Å². The van der Waals surface area contributed by atoms with Crippen LogP contribution in [0.2, 0.25) is 0 Å². The Morgan fingerprint density at radius 2 is 2.11 bits per heavy atom. The highest BCUT2D eigenvalue weighted by atomic mass is 32.1. The first-order valence-electron chi connectivity index (χ1n) is 8.12. The molecule has 3 aromatic rings. The fourth-order valence-corrected chi connectivity index (χ4v) is 3.96. The molecule has 0 saturated carbocycles. The Kier molecular flexibility index (Phi) is 5.98. The molecule has 0 fully saturated rings. The third kappa shape index (κ3) is 4.78. The molecule has 0 aliphatic carbocycles. The number of benzene rings is 1. The van der Waals surface area contributed by atoms with Crippen molar-refractivity contribution in [2.24, 2.45) is 0 Å². The van der Waals surface area contributed by atoms with E-state index in [0.29, 0.717) is 5.56 Å². The van der Waals surface area contributed by atoms with E-state index in [9.17, 15) is 14.0 Å². The van der Waals surface area contributed by atoms with Crippen LogP contribution in [0.4, 0.5) is 4.39 Å². The van der Waals surface area contributed by atoms with E-state index in [0.717, 1.165) is 10.6 Å². The second kappa shape index (κ2) is 8.41. The third-order valence-electron chi connectivity index (χ3n) is 3.80. The van der Waals surface area contributed by atoms with Crippen LogP contribution in [0.3, 0.4) is 0 Å². The van der Waals surface area contributed by atoms with Crippen molar-refractivity contribution in [2.75, 3.05) is 7.05 Å². The first-order chi connectivity index (χ1) is 12.9. The van der Waals surface area contributed by atoms with Gasteiger partial charge in [-0.15, -0.1) is 11.3 Å². The molecule has 140 valence electrons. The van der Waals surface area contributed by atoms with Crippen molar-refractivity contribution in [1.82, 2.24) is 9.88 Å². The van der Waals surface area contributed by atoms with E-state index < -0.39 is 12.1 Å². The highest BCUT2D eigenvalue weighted by molar-refractivity contribution is 7.14. The van der Waals surface area contributed by atoms with E-state index >= 15 is 0 Å². The van der Waals surface area contributed by atoms with Crippen LogP contribution in [-0.4, -0.2) is 34.9 Å². The molecule has 1 unspecified atom stereocenters. The number of thiophene rings is 1. The summed E-state index contributed by atoms with van der Waals surface area (Å²) >= 11 is 2.89. The molecule has 2 heterocycles. The summed E-state index contributed by atoms with van der Waals surface area (Å²) in [6.07, 6.45) is -0.970. The van der Waals surface area contributed by atoms with Crippen molar-refractivity contribution in [3.05, 3.63) is 63.5 Å². The molecule has 0 spiro atoms. The Balaban J connectivity index is 1.59. The summed E-state index contributed by atoms with van der Waals surface area (Å²) in [5, 5.41) is 6.22. The average molecular weight is 404 g/mol. The largest absolute Gasteiger partial charge is 0.448 e. The van der Waals surface area contributed by atoms with Gasteiger partial charge in [0.25, 0.3) is 5.91 Å². The minimum Gasteiger partial charge on any atom is -0.448 e. The summed E-state index contributed by atoms with van der Waals surface area (Å²) in [6, 6.07) is 7.94. The summed E-state index contributed by atoms with van der Waals surface area (Å²) in [7, 11) is 1.58. The van der Waals surface area contributed by atoms with Crippen LogP contribution in [0, 0.1) is 5.82 Å². The quantitative estimate of drug-likeness (QED) is 0.578. The van der Waals surface area contributed by atoms with E-state index in [2.05, 4.69) is 4.98 Å². The topological polar surface area (TPSA) is 59.5 Å². The van der Waals surface area contributed by atoms with Crippen LogP contribution in [0.25, 0.3) is 10.6 Å². The molecule has 2 aromatic heterocycles. The van der Waals surface area contributed by atoms with E-state index in [-0.39, 0.29) is 24.0 Å². The monoisotopic (exact) mass is 404 g/mol. The molecule has 0 bridgehead atoms. The number of rotatable bonds is 6. The van der Waals surface area contributed by atoms with Crippen molar-refractivity contribution < 1.29 is 18.7 Å². The lowest BCUT2D eigenvalue weighted by molar-refractivity contribution is -0.139. The van der Waals surface area contributed by atoms with E-state index in [1.807, 2.05) is 16.8 Å². The van der Waals surface area contributed by atoms with Crippen LogP contribution < -0.4 is 0 Å². The predicted octanol–water partition coefficient (Wildman–Crippen LogP) is 4.21. The average Bonchev–Trinajstić information content (AvgIpc) is 3.32. The highest BCUT2D eigenvalue weighted by Gasteiger charge is 2.24. The standard InChI is InChI=1S/C19H17FN2O3S2/c1-12(18(23)22(2)9-13-4-3-5-15(20)8-13)25-19(24)16-11-27-17(21-16)14-6-7-26-10-14/h3-8,10-12H,9H2,1-2H3. The predicted molar refractivity (Wildman–Crippen MR) is 103 cm³/mol. The van der Waals surface area contributed by atoms with E-state index in [1.54, 1.807) is 35.9 Å². The van der Waals surface area contributed by atoms with Crippen LogP contribution in [0.1, 0.15) is 23.0 Å². The SMILES string of the molecule is CC(OC(=O)c1csc(-c2ccsc2)n1)C(=O)N(C)Cc1cccc(F)c1. The number of likely N-dealkylation sites (N-methyl/N-ethyl adjacent to an activating group) is 1. The van der Waals surface area contributed by atoms with Gasteiger partial charge in [0.2, 0.25) is 0 Å². The van der Waals surface area contributed by atoms with Gasteiger partial charge in [0, 0.05) is 29.9 Å². The number of halogens is 1. The molecule has 1 aromatic carbocycles. The lowest BCUT2D eigenvalue weighted by Gasteiger charge is -2.21.